The van der Waals surface area contributed by atoms with Gasteiger partial charge in [-0.25, -0.2) is 4.98 Å². The first-order chi connectivity index (χ1) is 8.66. The van der Waals surface area contributed by atoms with Crippen molar-refractivity contribution in [2.75, 3.05) is 6.54 Å². The second-order valence-electron chi connectivity index (χ2n) is 6.00. The normalized spacial score (nSPS) is 26.2. The van der Waals surface area contributed by atoms with E-state index in [1.165, 1.54) is 32.1 Å². The molecule has 1 heterocycles. The fraction of sp³-hybridized carbons (Fsp3) is 0.800. The largest absolute Gasteiger partial charge is 0.337 e. The molecule has 0 saturated heterocycles. The Morgan fingerprint density at radius 1 is 1.50 bits per heavy atom. The van der Waals surface area contributed by atoms with Crippen LogP contribution in [0.4, 0.5) is 0 Å². The molecule has 0 amide bonds. The summed E-state index contributed by atoms with van der Waals surface area (Å²) in [5.41, 5.74) is 0. The Hall–Kier alpha value is -0.830. The van der Waals surface area contributed by atoms with Crippen LogP contribution in [0.15, 0.2) is 12.4 Å². The molecule has 0 radical (unpaired) electrons. The first kappa shape index (κ1) is 13.6. The van der Waals surface area contributed by atoms with E-state index in [0.717, 1.165) is 24.2 Å². The Labute approximate surface area is 111 Å². The lowest BCUT2D eigenvalue weighted by Gasteiger charge is -2.27. The molecular weight excluding hydrogens is 222 g/mol. The maximum absolute atomic E-state index is 4.39. The van der Waals surface area contributed by atoms with Crippen molar-refractivity contribution in [1.82, 2.24) is 14.9 Å². The van der Waals surface area contributed by atoms with Gasteiger partial charge in [-0.1, -0.05) is 26.2 Å². The van der Waals surface area contributed by atoms with E-state index in [9.17, 15) is 0 Å². The predicted octanol–water partition coefficient (Wildman–Crippen LogP) is 3.29. The van der Waals surface area contributed by atoms with Gasteiger partial charge in [0.15, 0.2) is 0 Å². The number of imidazole rings is 1. The van der Waals surface area contributed by atoms with E-state index >= 15 is 0 Å². The van der Waals surface area contributed by atoms with Crippen LogP contribution in [0.3, 0.4) is 0 Å². The van der Waals surface area contributed by atoms with Gasteiger partial charge in [0.25, 0.3) is 0 Å². The lowest BCUT2D eigenvalue weighted by Crippen LogP contribution is -2.25. The molecule has 1 N–H and O–H groups in total. The first-order valence-corrected chi connectivity index (χ1v) is 7.37. The fourth-order valence-electron chi connectivity index (χ4n) is 3.21. The van der Waals surface area contributed by atoms with E-state index in [1.807, 2.05) is 12.4 Å². The minimum Gasteiger partial charge on any atom is -0.337 e. The lowest BCUT2D eigenvalue weighted by molar-refractivity contribution is 0.265. The molecular formula is C15H27N3. The fourth-order valence-corrected chi connectivity index (χ4v) is 3.21. The van der Waals surface area contributed by atoms with Crippen LogP contribution in [-0.2, 0) is 7.05 Å². The summed E-state index contributed by atoms with van der Waals surface area (Å²) in [6.07, 6.45) is 10.9. The lowest BCUT2D eigenvalue weighted by atomic mass is 9.81. The van der Waals surface area contributed by atoms with Gasteiger partial charge in [0.1, 0.15) is 5.82 Å². The molecule has 1 saturated carbocycles. The van der Waals surface area contributed by atoms with Crippen LogP contribution in [0.25, 0.3) is 0 Å². The second-order valence-corrected chi connectivity index (χ2v) is 6.00. The number of nitrogens with zero attached hydrogens (tertiary/aromatic N) is 2. The zero-order valence-electron chi connectivity index (χ0n) is 12.0. The molecule has 1 aliphatic carbocycles. The zero-order chi connectivity index (χ0) is 13.0. The van der Waals surface area contributed by atoms with Crippen LogP contribution in [0.5, 0.6) is 0 Å². The molecule has 3 atom stereocenters. The van der Waals surface area contributed by atoms with Gasteiger partial charge in [-0.3, -0.25) is 0 Å². The standard InChI is InChI=1S/C15H27N3/c1-12-5-4-6-14(11-12)7-8-16-13(2)15-17-9-10-18(15)3/h9-10,12-14,16H,4-8,11H2,1-3H3. The number of aryl methyl sites for hydroxylation is 1. The maximum atomic E-state index is 4.39. The van der Waals surface area contributed by atoms with E-state index in [-0.39, 0.29) is 0 Å². The van der Waals surface area contributed by atoms with Crippen LogP contribution < -0.4 is 5.32 Å². The summed E-state index contributed by atoms with van der Waals surface area (Å²) in [7, 11) is 2.06. The zero-order valence-corrected chi connectivity index (χ0v) is 12.0. The average molecular weight is 249 g/mol. The smallest absolute Gasteiger partial charge is 0.125 e. The van der Waals surface area contributed by atoms with Crippen LogP contribution in [0, 0.1) is 11.8 Å². The summed E-state index contributed by atoms with van der Waals surface area (Å²) >= 11 is 0. The van der Waals surface area contributed by atoms with Crippen LogP contribution >= 0.6 is 0 Å². The molecule has 3 unspecified atom stereocenters. The molecule has 0 aromatic carbocycles. The number of hydrogen-bond donors (Lipinski definition) is 1. The van der Waals surface area contributed by atoms with Gasteiger partial charge in [0, 0.05) is 19.4 Å². The van der Waals surface area contributed by atoms with Crippen molar-refractivity contribution in [3.05, 3.63) is 18.2 Å². The maximum Gasteiger partial charge on any atom is 0.125 e. The van der Waals surface area contributed by atoms with E-state index in [0.29, 0.717) is 6.04 Å². The van der Waals surface area contributed by atoms with Gasteiger partial charge < -0.3 is 9.88 Å². The monoisotopic (exact) mass is 249 g/mol. The molecule has 18 heavy (non-hydrogen) atoms. The third-order valence-electron chi connectivity index (χ3n) is 4.29. The second kappa shape index (κ2) is 6.37. The first-order valence-electron chi connectivity index (χ1n) is 7.37. The Morgan fingerprint density at radius 2 is 2.33 bits per heavy atom. The van der Waals surface area contributed by atoms with Crippen LogP contribution in [0.2, 0.25) is 0 Å². The van der Waals surface area contributed by atoms with E-state index in [4.69, 9.17) is 0 Å². The van der Waals surface area contributed by atoms with Crippen molar-refractivity contribution in [3.63, 3.8) is 0 Å². The summed E-state index contributed by atoms with van der Waals surface area (Å²) in [4.78, 5) is 4.39. The van der Waals surface area contributed by atoms with Crippen molar-refractivity contribution in [3.8, 4) is 0 Å². The van der Waals surface area contributed by atoms with Crippen molar-refractivity contribution in [1.29, 1.82) is 0 Å². The summed E-state index contributed by atoms with van der Waals surface area (Å²) in [5, 5.41) is 3.60. The van der Waals surface area contributed by atoms with Gasteiger partial charge in [-0.2, -0.15) is 0 Å². The Morgan fingerprint density at radius 3 is 3.00 bits per heavy atom. The van der Waals surface area contributed by atoms with Gasteiger partial charge in [-0.15, -0.1) is 0 Å². The Kier molecular flexibility index (Phi) is 4.81. The van der Waals surface area contributed by atoms with E-state index in [1.54, 1.807) is 0 Å². The molecule has 102 valence electrons. The van der Waals surface area contributed by atoms with Gasteiger partial charge in [0.2, 0.25) is 0 Å². The summed E-state index contributed by atoms with van der Waals surface area (Å²) in [6, 6.07) is 0.353. The van der Waals surface area contributed by atoms with Gasteiger partial charge >= 0.3 is 0 Å². The molecule has 0 bridgehead atoms. The average Bonchev–Trinajstić information content (AvgIpc) is 2.75. The van der Waals surface area contributed by atoms with Gasteiger partial charge in [-0.05, 0) is 38.1 Å². The molecule has 1 aromatic rings. The van der Waals surface area contributed by atoms with Crippen LogP contribution in [0.1, 0.15) is 57.8 Å². The number of hydrogen-bond acceptors (Lipinski definition) is 2. The molecule has 3 nitrogen and oxygen atoms in total. The predicted molar refractivity (Wildman–Crippen MR) is 75.4 cm³/mol. The Bertz CT molecular complexity index is 358. The highest BCUT2D eigenvalue weighted by Crippen LogP contribution is 2.30. The summed E-state index contributed by atoms with van der Waals surface area (Å²) < 4.78 is 2.10. The highest BCUT2D eigenvalue weighted by atomic mass is 15.1. The SMILES string of the molecule is CC1CCCC(CCNC(C)c2nccn2C)C1. The minimum absolute atomic E-state index is 0.353. The summed E-state index contributed by atoms with van der Waals surface area (Å²) in [6.45, 7) is 5.72. The number of rotatable bonds is 5. The number of aromatic nitrogens is 2. The van der Waals surface area contributed by atoms with E-state index in [2.05, 4.69) is 35.8 Å². The molecule has 2 rings (SSSR count). The number of nitrogens with one attached hydrogen (secondary N) is 1. The molecule has 0 aliphatic heterocycles. The van der Waals surface area contributed by atoms with Crippen molar-refractivity contribution in [2.24, 2.45) is 18.9 Å². The Balaban J connectivity index is 1.70. The molecule has 1 fully saturated rings. The summed E-state index contributed by atoms with van der Waals surface area (Å²) in [5.74, 6) is 3.01. The van der Waals surface area contributed by atoms with Crippen molar-refractivity contribution >= 4 is 0 Å². The van der Waals surface area contributed by atoms with E-state index < -0.39 is 0 Å². The minimum atomic E-state index is 0.353. The van der Waals surface area contributed by atoms with Crippen LogP contribution in [-0.4, -0.2) is 16.1 Å². The highest BCUT2D eigenvalue weighted by Gasteiger charge is 2.18. The van der Waals surface area contributed by atoms with Crippen molar-refractivity contribution in [2.45, 2.75) is 52.0 Å². The molecule has 0 spiro atoms. The van der Waals surface area contributed by atoms with Gasteiger partial charge in [0.05, 0.1) is 6.04 Å². The quantitative estimate of drug-likeness (QED) is 0.868. The topological polar surface area (TPSA) is 29.9 Å². The molecule has 3 heteroatoms. The third kappa shape index (κ3) is 3.58. The molecule has 1 aliphatic rings. The van der Waals surface area contributed by atoms with Crippen molar-refractivity contribution < 1.29 is 0 Å². The highest BCUT2D eigenvalue weighted by molar-refractivity contribution is 4.96. The molecule has 1 aromatic heterocycles. The third-order valence-corrected chi connectivity index (χ3v) is 4.29.